The van der Waals surface area contributed by atoms with E-state index in [1.165, 1.54) is 5.56 Å². The lowest BCUT2D eigenvalue weighted by Crippen LogP contribution is -2.46. The maximum atomic E-state index is 6.15. The lowest BCUT2D eigenvalue weighted by molar-refractivity contribution is 0.649. The Hall–Kier alpha value is -3.12. The summed E-state index contributed by atoms with van der Waals surface area (Å²) in [6, 6.07) is 16.3. The quantitative estimate of drug-likeness (QED) is 0.514. The van der Waals surface area contributed by atoms with Crippen LogP contribution in [0.4, 0.5) is 11.5 Å². The number of benzene rings is 2. The number of fused-ring (bicyclic) bond motifs is 1. The Morgan fingerprint density at radius 1 is 0.862 bits per heavy atom. The first-order chi connectivity index (χ1) is 14.2. The van der Waals surface area contributed by atoms with Crippen LogP contribution in [0.15, 0.2) is 61.1 Å². The second kappa shape index (κ2) is 7.37. The second-order valence-corrected chi connectivity index (χ2v) is 7.72. The molecule has 7 heteroatoms. The third kappa shape index (κ3) is 3.40. The predicted molar refractivity (Wildman–Crippen MR) is 117 cm³/mol. The first-order valence-electron chi connectivity index (χ1n) is 9.70. The van der Waals surface area contributed by atoms with Gasteiger partial charge in [-0.3, -0.25) is 0 Å². The molecule has 0 spiro atoms. The van der Waals surface area contributed by atoms with Crippen LogP contribution in [0, 0.1) is 6.92 Å². The number of piperazine rings is 1. The highest BCUT2D eigenvalue weighted by molar-refractivity contribution is 6.30. The van der Waals surface area contributed by atoms with E-state index in [2.05, 4.69) is 62.1 Å². The normalized spacial score (nSPS) is 14.6. The Balaban J connectivity index is 1.41. The van der Waals surface area contributed by atoms with Gasteiger partial charge in [-0.05, 0) is 37.3 Å². The van der Waals surface area contributed by atoms with Gasteiger partial charge >= 0.3 is 0 Å². The Morgan fingerprint density at radius 3 is 2.38 bits per heavy atom. The van der Waals surface area contributed by atoms with Crippen LogP contribution >= 0.6 is 11.6 Å². The molecule has 4 aromatic rings. The highest BCUT2D eigenvalue weighted by Gasteiger charge is 2.22. The average molecular weight is 405 g/mol. The summed E-state index contributed by atoms with van der Waals surface area (Å²) in [5.41, 5.74) is 4.22. The van der Waals surface area contributed by atoms with Crippen LogP contribution in [0.1, 0.15) is 5.56 Å². The van der Waals surface area contributed by atoms with Crippen molar-refractivity contribution in [1.29, 1.82) is 0 Å². The molecule has 146 valence electrons. The summed E-state index contributed by atoms with van der Waals surface area (Å²) in [4.78, 5) is 13.8. The maximum absolute atomic E-state index is 6.15. The molecule has 5 rings (SSSR count). The van der Waals surface area contributed by atoms with Crippen LogP contribution in [0.2, 0.25) is 5.02 Å². The minimum Gasteiger partial charge on any atom is -0.368 e. The Bertz CT molecular complexity index is 1150. The molecule has 1 aliphatic rings. The third-order valence-corrected chi connectivity index (χ3v) is 5.61. The molecule has 1 fully saturated rings. The summed E-state index contributed by atoms with van der Waals surface area (Å²) >= 11 is 6.15. The Morgan fingerprint density at radius 2 is 1.62 bits per heavy atom. The monoisotopic (exact) mass is 404 g/mol. The summed E-state index contributed by atoms with van der Waals surface area (Å²) in [5.74, 6) is 0.944. The van der Waals surface area contributed by atoms with E-state index in [1.807, 2.05) is 29.1 Å². The molecule has 2 aromatic carbocycles. The SMILES string of the molecule is Cc1ccc(-n2ncc3c(N4CCN(c5cccc(Cl)c5)CC4)ncnc32)cc1. The summed E-state index contributed by atoms with van der Waals surface area (Å²) in [7, 11) is 0. The Labute approximate surface area is 174 Å². The molecule has 6 nitrogen and oxygen atoms in total. The lowest BCUT2D eigenvalue weighted by Gasteiger charge is -2.36. The average Bonchev–Trinajstić information content (AvgIpc) is 3.19. The van der Waals surface area contributed by atoms with Gasteiger partial charge in [-0.25, -0.2) is 14.6 Å². The molecular formula is C22H21ClN6. The van der Waals surface area contributed by atoms with E-state index >= 15 is 0 Å². The van der Waals surface area contributed by atoms with E-state index in [4.69, 9.17) is 11.6 Å². The van der Waals surface area contributed by atoms with Crippen LogP contribution in [0.25, 0.3) is 16.7 Å². The fourth-order valence-corrected chi connectivity index (χ4v) is 3.99. The minimum atomic E-state index is 0.769. The molecule has 0 saturated carbocycles. The lowest BCUT2D eigenvalue weighted by atomic mass is 10.2. The second-order valence-electron chi connectivity index (χ2n) is 7.28. The van der Waals surface area contributed by atoms with Crippen molar-refractivity contribution in [3.63, 3.8) is 0 Å². The van der Waals surface area contributed by atoms with E-state index in [0.29, 0.717) is 0 Å². The van der Waals surface area contributed by atoms with Crippen molar-refractivity contribution in [2.75, 3.05) is 36.0 Å². The highest BCUT2D eigenvalue weighted by Crippen LogP contribution is 2.27. The van der Waals surface area contributed by atoms with Crippen molar-refractivity contribution in [1.82, 2.24) is 19.7 Å². The minimum absolute atomic E-state index is 0.769. The van der Waals surface area contributed by atoms with Gasteiger partial charge in [0.15, 0.2) is 5.65 Å². The first-order valence-corrected chi connectivity index (χ1v) is 10.1. The van der Waals surface area contributed by atoms with Gasteiger partial charge in [0, 0.05) is 36.9 Å². The maximum Gasteiger partial charge on any atom is 0.168 e. The fraction of sp³-hybridized carbons (Fsp3) is 0.227. The van der Waals surface area contributed by atoms with Gasteiger partial charge in [-0.1, -0.05) is 35.4 Å². The van der Waals surface area contributed by atoms with Crippen LogP contribution < -0.4 is 9.80 Å². The van der Waals surface area contributed by atoms with Crippen molar-refractivity contribution in [2.45, 2.75) is 6.92 Å². The van der Waals surface area contributed by atoms with Crippen LogP contribution in [0.5, 0.6) is 0 Å². The number of aryl methyl sites for hydroxylation is 1. The third-order valence-electron chi connectivity index (χ3n) is 5.38. The van der Waals surface area contributed by atoms with Crippen molar-refractivity contribution in [3.8, 4) is 5.69 Å². The van der Waals surface area contributed by atoms with Crippen LogP contribution in [-0.4, -0.2) is 45.9 Å². The topological polar surface area (TPSA) is 50.1 Å². The molecule has 0 radical (unpaired) electrons. The number of anilines is 2. The van der Waals surface area contributed by atoms with E-state index in [1.54, 1.807) is 6.33 Å². The number of rotatable bonds is 3. The molecule has 3 heterocycles. The first kappa shape index (κ1) is 17.9. The molecule has 2 aromatic heterocycles. The molecule has 29 heavy (non-hydrogen) atoms. The number of hydrogen-bond donors (Lipinski definition) is 0. The number of nitrogens with zero attached hydrogens (tertiary/aromatic N) is 6. The fourth-order valence-electron chi connectivity index (χ4n) is 3.81. The van der Waals surface area contributed by atoms with Crippen molar-refractivity contribution in [2.24, 2.45) is 0 Å². The van der Waals surface area contributed by atoms with Crippen LogP contribution in [0.3, 0.4) is 0 Å². The molecule has 0 unspecified atom stereocenters. The predicted octanol–water partition coefficient (Wildman–Crippen LogP) is 4.10. The summed E-state index contributed by atoms with van der Waals surface area (Å²) in [5, 5.41) is 6.33. The molecule has 0 N–H and O–H groups in total. The van der Waals surface area contributed by atoms with Gasteiger partial charge < -0.3 is 9.80 Å². The molecule has 1 saturated heterocycles. The van der Waals surface area contributed by atoms with E-state index in [9.17, 15) is 0 Å². The standard InChI is InChI=1S/C22H21ClN6/c1-16-5-7-18(8-6-16)29-22-20(14-26-29)21(24-15-25-22)28-11-9-27(10-12-28)19-4-2-3-17(23)13-19/h2-8,13-15H,9-12H2,1H3. The number of halogens is 1. The molecule has 1 aliphatic heterocycles. The van der Waals surface area contributed by atoms with Gasteiger partial charge in [-0.15, -0.1) is 0 Å². The zero-order chi connectivity index (χ0) is 19.8. The number of hydrogen-bond acceptors (Lipinski definition) is 5. The number of aromatic nitrogens is 4. The molecule has 0 amide bonds. The van der Waals surface area contributed by atoms with Gasteiger partial charge in [0.1, 0.15) is 12.1 Å². The zero-order valence-corrected chi connectivity index (χ0v) is 16.9. The largest absolute Gasteiger partial charge is 0.368 e. The van der Waals surface area contributed by atoms with Gasteiger partial charge in [0.25, 0.3) is 0 Å². The molecule has 0 atom stereocenters. The Kier molecular flexibility index (Phi) is 4.56. The van der Waals surface area contributed by atoms with Crippen molar-refractivity contribution < 1.29 is 0 Å². The zero-order valence-electron chi connectivity index (χ0n) is 16.2. The van der Waals surface area contributed by atoms with Gasteiger partial charge in [-0.2, -0.15) is 5.10 Å². The van der Waals surface area contributed by atoms with Crippen molar-refractivity contribution >= 4 is 34.1 Å². The van der Waals surface area contributed by atoms with Gasteiger partial charge in [0.2, 0.25) is 0 Å². The molecule has 0 aliphatic carbocycles. The molecule has 0 bridgehead atoms. The summed E-state index contributed by atoms with van der Waals surface area (Å²) in [6.45, 7) is 5.67. The van der Waals surface area contributed by atoms with Crippen molar-refractivity contribution in [3.05, 3.63) is 71.6 Å². The van der Waals surface area contributed by atoms with Crippen LogP contribution in [-0.2, 0) is 0 Å². The smallest absolute Gasteiger partial charge is 0.168 e. The van der Waals surface area contributed by atoms with E-state index < -0.39 is 0 Å². The molecular weight excluding hydrogens is 384 g/mol. The van der Waals surface area contributed by atoms with E-state index in [0.717, 1.165) is 59.4 Å². The highest BCUT2D eigenvalue weighted by atomic mass is 35.5. The van der Waals surface area contributed by atoms with E-state index in [-0.39, 0.29) is 0 Å². The summed E-state index contributed by atoms with van der Waals surface area (Å²) in [6.07, 6.45) is 3.50. The summed E-state index contributed by atoms with van der Waals surface area (Å²) < 4.78 is 1.88. The van der Waals surface area contributed by atoms with Gasteiger partial charge in [0.05, 0.1) is 17.3 Å².